The summed E-state index contributed by atoms with van der Waals surface area (Å²) in [7, 11) is 0. The molecule has 1 amide bonds. The fourth-order valence-electron chi connectivity index (χ4n) is 3.22. The van der Waals surface area contributed by atoms with Gasteiger partial charge >= 0.3 is 5.63 Å². The molecule has 0 atom stereocenters. The minimum atomic E-state index is -0.532. The molecule has 0 radical (unpaired) electrons. The number of carbonyl (C=O) groups excluding carboxylic acids is 1. The van der Waals surface area contributed by atoms with Gasteiger partial charge in [0.2, 0.25) is 0 Å². The van der Waals surface area contributed by atoms with Gasteiger partial charge in [0.05, 0.1) is 11.7 Å². The molecule has 0 saturated heterocycles. The van der Waals surface area contributed by atoms with E-state index in [2.05, 4.69) is 5.32 Å². The number of nitrogens with one attached hydrogen (secondary N) is 1. The van der Waals surface area contributed by atoms with E-state index in [1.807, 2.05) is 13.8 Å². The van der Waals surface area contributed by atoms with Gasteiger partial charge in [0.15, 0.2) is 0 Å². The molecular weight excluding hydrogens is 306 g/mol. The Labute approximate surface area is 141 Å². The van der Waals surface area contributed by atoms with Crippen molar-refractivity contribution in [1.82, 2.24) is 5.32 Å². The van der Waals surface area contributed by atoms with Crippen LogP contribution in [-0.4, -0.2) is 18.6 Å². The summed E-state index contributed by atoms with van der Waals surface area (Å²) in [4.78, 5) is 24.3. The number of hydrogen-bond donors (Lipinski definition) is 1. The lowest BCUT2D eigenvalue weighted by atomic mass is 10.1. The summed E-state index contributed by atoms with van der Waals surface area (Å²) in [5.74, 6) is 0.938. The van der Waals surface area contributed by atoms with Gasteiger partial charge in [0.1, 0.15) is 11.3 Å². The zero-order valence-corrected chi connectivity index (χ0v) is 14.1. The monoisotopic (exact) mass is 329 g/mol. The van der Waals surface area contributed by atoms with Crippen LogP contribution in [0, 0.1) is 5.92 Å². The lowest BCUT2D eigenvalue weighted by molar-refractivity contribution is 0.0948. The number of amides is 1. The molecule has 0 aliphatic heterocycles. The SMILES string of the molecule is CC(C)Oc1ccc2c(C(=O)NCC3CCCC3)cc(=O)oc2c1. The van der Waals surface area contributed by atoms with Gasteiger partial charge in [-0.25, -0.2) is 4.79 Å². The topological polar surface area (TPSA) is 68.5 Å². The van der Waals surface area contributed by atoms with E-state index in [1.165, 1.54) is 18.9 Å². The summed E-state index contributed by atoms with van der Waals surface area (Å²) in [5.41, 5.74) is 0.192. The number of carbonyl (C=O) groups is 1. The van der Waals surface area contributed by atoms with Gasteiger partial charge in [-0.1, -0.05) is 12.8 Å². The van der Waals surface area contributed by atoms with Crippen molar-refractivity contribution in [3.05, 3.63) is 40.2 Å². The van der Waals surface area contributed by atoms with E-state index in [0.717, 1.165) is 12.8 Å². The molecule has 1 saturated carbocycles. The van der Waals surface area contributed by atoms with Crippen molar-refractivity contribution in [2.75, 3.05) is 6.54 Å². The predicted octanol–water partition coefficient (Wildman–Crippen LogP) is 3.50. The molecular formula is C19H23NO4. The Morgan fingerprint density at radius 3 is 2.75 bits per heavy atom. The molecule has 3 rings (SSSR count). The maximum Gasteiger partial charge on any atom is 0.337 e. The molecule has 1 aliphatic rings. The first-order valence-corrected chi connectivity index (χ1v) is 8.55. The third-order valence-electron chi connectivity index (χ3n) is 4.36. The van der Waals surface area contributed by atoms with Gasteiger partial charge in [-0.05, 0) is 44.7 Å². The minimum absolute atomic E-state index is 0.0204. The molecule has 1 heterocycles. The van der Waals surface area contributed by atoms with Crippen molar-refractivity contribution in [1.29, 1.82) is 0 Å². The molecule has 0 bridgehead atoms. The number of benzene rings is 1. The van der Waals surface area contributed by atoms with Gasteiger partial charge in [-0.3, -0.25) is 4.79 Å². The molecule has 5 heteroatoms. The molecule has 1 fully saturated rings. The summed E-state index contributed by atoms with van der Waals surface area (Å²) in [6.45, 7) is 4.51. The fraction of sp³-hybridized carbons (Fsp3) is 0.474. The van der Waals surface area contributed by atoms with Crippen LogP contribution in [0.5, 0.6) is 5.75 Å². The Morgan fingerprint density at radius 2 is 2.04 bits per heavy atom. The van der Waals surface area contributed by atoms with Crippen LogP contribution in [-0.2, 0) is 0 Å². The number of ether oxygens (including phenoxy) is 1. The highest BCUT2D eigenvalue weighted by Gasteiger charge is 2.18. The molecule has 1 N–H and O–H groups in total. The van der Waals surface area contributed by atoms with Crippen LogP contribution in [0.1, 0.15) is 49.9 Å². The van der Waals surface area contributed by atoms with Crippen LogP contribution in [0.25, 0.3) is 11.0 Å². The van der Waals surface area contributed by atoms with Crippen molar-refractivity contribution in [2.45, 2.75) is 45.6 Å². The summed E-state index contributed by atoms with van der Waals surface area (Å²) in [6.07, 6.45) is 4.81. The second-order valence-electron chi connectivity index (χ2n) is 6.66. The van der Waals surface area contributed by atoms with E-state index in [1.54, 1.807) is 18.2 Å². The van der Waals surface area contributed by atoms with Crippen molar-refractivity contribution in [2.24, 2.45) is 5.92 Å². The molecule has 1 aromatic carbocycles. The maximum atomic E-state index is 12.5. The number of hydrogen-bond acceptors (Lipinski definition) is 4. The van der Waals surface area contributed by atoms with Crippen molar-refractivity contribution in [3.8, 4) is 5.75 Å². The van der Waals surface area contributed by atoms with E-state index >= 15 is 0 Å². The first kappa shape index (κ1) is 16.6. The minimum Gasteiger partial charge on any atom is -0.491 e. The normalized spacial score (nSPS) is 15.1. The summed E-state index contributed by atoms with van der Waals surface area (Å²) in [5, 5.41) is 3.58. The molecule has 5 nitrogen and oxygen atoms in total. The molecule has 1 aromatic heterocycles. The lowest BCUT2D eigenvalue weighted by Crippen LogP contribution is -2.29. The number of fused-ring (bicyclic) bond motifs is 1. The quantitative estimate of drug-likeness (QED) is 0.853. The van der Waals surface area contributed by atoms with Crippen LogP contribution in [0.4, 0.5) is 0 Å². The van der Waals surface area contributed by atoms with E-state index < -0.39 is 5.63 Å². The van der Waals surface area contributed by atoms with Crippen molar-refractivity contribution >= 4 is 16.9 Å². The van der Waals surface area contributed by atoms with Gasteiger partial charge in [-0.2, -0.15) is 0 Å². The Balaban J connectivity index is 1.86. The zero-order valence-electron chi connectivity index (χ0n) is 14.1. The standard InChI is InChI=1S/C19H23NO4/c1-12(2)23-14-7-8-15-16(10-18(21)24-17(15)9-14)19(22)20-11-13-5-3-4-6-13/h7-10,12-13H,3-6,11H2,1-2H3,(H,20,22). The molecule has 24 heavy (non-hydrogen) atoms. The van der Waals surface area contributed by atoms with Crippen LogP contribution in [0.15, 0.2) is 33.5 Å². The Kier molecular flexibility index (Phi) is 4.88. The highest BCUT2D eigenvalue weighted by atomic mass is 16.5. The largest absolute Gasteiger partial charge is 0.491 e. The zero-order chi connectivity index (χ0) is 17.1. The molecule has 2 aromatic rings. The highest BCUT2D eigenvalue weighted by Crippen LogP contribution is 2.25. The average Bonchev–Trinajstić information content (AvgIpc) is 3.04. The second kappa shape index (κ2) is 7.07. The van der Waals surface area contributed by atoms with Crippen LogP contribution in [0.3, 0.4) is 0 Å². The lowest BCUT2D eigenvalue weighted by Gasteiger charge is -2.13. The predicted molar refractivity (Wildman–Crippen MR) is 92.5 cm³/mol. The third kappa shape index (κ3) is 3.78. The summed E-state index contributed by atoms with van der Waals surface area (Å²) < 4.78 is 10.9. The summed E-state index contributed by atoms with van der Waals surface area (Å²) in [6, 6.07) is 6.47. The Hall–Kier alpha value is -2.30. The van der Waals surface area contributed by atoms with Gasteiger partial charge in [0.25, 0.3) is 5.91 Å². The first-order valence-electron chi connectivity index (χ1n) is 8.55. The fourth-order valence-corrected chi connectivity index (χ4v) is 3.22. The average molecular weight is 329 g/mol. The van der Waals surface area contributed by atoms with Crippen LogP contribution >= 0.6 is 0 Å². The van der Waals surface area contributed by atoms with Crippen LogP contribution in [0.2, 0.25) is 0 Å². The first-order chi connectivity index (χ1) is 11.5. The number of rotatable bonds is 5. The second-order valence-corrected chi connectivity index (χ2v) is 6.66. The van der Waals surface area contributed by atoms with Crippen LogP contribution < -0.4 is 15.7 Å². The highest BCUT2D eigenvalue weighted by molar-refractivity contribution is 6.05. The third-order valence-corrected chi connectivity index (χ3v) is 4.36. The molecule has 1 aliphatic carbocycles. The van der Waals surface area contributed by atoms with E-state index in [-0.39, 0.29) is 12.0 Å². The Bertz CT molecular complexity index is 788. The smallest absolute Gasteiger partial charge is 0.337 e. The van der Waals surface area contributed by atoms with Gasteiger partial charge < -0.3 is 14.5 Å². The maximum absolute atomic E-state index is 12.5. The van der Waals surface area contributed by atoms with E-state index in [9.17, 15) is 9.59 Å². The van der Waals surface area contributed by atoms with Gasteiger partial charge in [-0.15, -0.1) is 0 Å². The van der Waals surface area contributed by atoms with Crippen molar-refractivity contribution < 1.29 is 13.9 Å². The van der Waals surface area contributed by atoms with Crippen molar-refractivity contribution in [3.63, 3.8) is 0 Å². The molecule has 0 unspecified atom stereocenters. The summed E-state index contributed by atoms with van der Waals surface area (Å²) >= 11 is 0. The van der Waals surface area contributed by atoms with E-state index in [4.69, 9.17) is 9.15 Å². The molecule has 0 spiro atoms. The van der Waals surface area contributed by atoms with E-state index in [0.29, 0.717) is 34.7 Å². The van der Waals surface area contributed by atoms with Gasteiger partial charge in [0, 0.05) is 24.1 Å². The Morgan fingerprint density at radius 1 is 1.29 bits per heavy atom. The molecule has 128 valence electrons.